The molecule has 0 aromatic carbocycles. The Hall–Kier alpha value is 0.350. The number of rotatable bonds is 1. The van der Waals surface area contributed by atoms with Crippen LogP contribution in [0.3, 0.4) is 0 Å². The zero-order valence-corrected chi connectivity index (χ0v) is 14.3. The van der Waals surface area contributed by atoms with Gasteiger partial charge >= 0.3 is 0 Å². The van der Waals surface area contributed by atoms with Crippen molar-refractivity contribution in [3.8, 4) is 0 Å². The Labute approximate surface area is 126 Å². The van der Waals surface area contributed by atoms with Crippen molar-refractivity contribution < 1.29 is 0 Å². The van der Waals surface area contributed by atoms with Crippen molar-refractivity contribution in [2.75, 3.05) is 25.9 Å². The first-order valence-electron chi connectivity index (χ1n) is 6.14. The minimum absolute atomic E-state index is 0. The number of guanidine groups is 1. The van der Waals surface area contributed by atoms with Crippen LogP contribution in [-0.4, -0.2) is 47.5 Å². The minimum atomic E-state index is 0. The van der Waals surface area contributed by atoms with Gasteiger partial charge in [0.05, 0.1) is 0 Å². The van der Waals surface area contributed by atoms with Crippen molar-refractivity contribution in [3.63, 3.8) is 0 Å². The Kier molecular flexibility index (Phi) is 5.43. The van der Waals surface area contributed by atoms with Gasteiger partial charge < -0.3 is 10.2 Å². The summed E-state index contributed by atoms with van der Waals surface area (Å²) in [6.07, 6.45) is 1.30. The van der Waals surface area contributed by atoms with Crippen LogP contribution in [0.4, 0.5) is 0 Å². The van der Waals surface area contributed by atoms with E-state index in [-0.39, 0.29) is 24.0 Å². The third kappa shape index (κ3) is 4.19. The summed E-state index contributed by atoms with van der Waals surface area (Å²) in [5.41, 5.74) is 0. The van der Waals surface area contributed by atoms with E-state index in [0.717, 1.165) is 25.0 Å². The third-order valence-electron chi connectivity index (χ3n) is 3.36. The van der Waals surface area contributed by atoms with Crippen LogP contribution in [0.2, 0.25) is 0 Å². The Morgan fingerprint density at radius 2 is 2.12 bits per heavy atom. The van der Waals surface area contributed by atoms with Gasteiger partial charge in [0, 0.05) is 36.7 Å². The largest absolute Gasteiger partial charge is 0.353 e. The van der Waals surface area contributed by atoms with Gasteiger partial charge in [-0.15, -0.1) is 24.0 Å². The molecule has 1 saturated heterocycles. The van der Waals surface area contributed by atoms with Gasteiger partial charge in [0.1, 0.15) is 0 Å². The molecule has 100 valence electrons. The normalized spacial score (nSPS) is 31.8. The molecule has 3 nitrogen and oxygen atoms in total. The van der Waals surface area contributed by atoms with Gasteiger partial charge in [-0.2, -0.15) is 11.8 Å². The predicted octanol–water partition coefficient (Wildman–Crippen LogP) is 2.42. The van der Waals surface area contributed by atoms with Crippen molar-refractivity contribution in [1.82, 2.24) is 10.2 Å². The van der Waals surface area contributed by atoms with Gasteiger partial charge in [-0.3, -0.25) is 4.99 Å². The molecule has 2 unspecified atom stereocenters. The highest BCUT2D eigenvalue weighted by molar-refractivity contribution is 14.0. The summed E-state index contributed by atoms with van der Waals surface area (Å²) in [4.78, 5) is 6.82. The second-order valence-electron chi connectivity index (χ2n) is 5.54. The lowest BCUT2D eigenvalue weighted by atomic mass is 10.2. The molecular weight excluding hydrogens is 345 g/mol. The van der Waals surface area contributed by atoms with Crippen LogP contribution in [0.5, 0.6) is 0 Å². The monoisotopic (exact) mass is 369 g/mol. The molecule has 2 rings (SSSR count). The lowest BCUT2D eigenvalue weighted by Crippen LogP contribution is -2.51. The zero-order valence-electron chi connectivity index (χ0n) is 11.2. The Morgan fingerprint density at radius 3 is 2.59 bits per heavy atom. The molecule has 0 aromatic heterocycles. The van der Waals surface area contributed by atoms with Gasteiger partial charge in [0.15, 0.2) is 5.96 Å². The van der Waals surface area contributed by atoms with Crippen LogP contribution >= 0.6 is 35.7 Å². The minimum Gasteiger partial charge on any atom is -0.353 e. The molecule has 1 saturated carbocycles. The van der Waals surface area contributed by atoms with Gasteiger partial charge in [0.25, 0.3) is 0 Å². The first-order chi connectivity index (χ1) is 7.52. The van der Waals surface area contributed by atoms with Crippen molar-refractivity contribution in [2.24, 2.45) is 10.9 Å². The smallest absolute Gasteiger partial charge is 0.193 e. The van der Waals surface area contributed by atoms with Crippen molar-refractivity contribution in [3.05, 3.63) is 0 Å². The average molecular weight is 369 g/mol. The maximum atomic E-state index is 4.41. The summed E-state index contributed by atoms with van der Waals surface area (Å²) in [7, 11) is 1.89. The fraction of sp³-hybridized carbons (Fsp3) is 0.917. The predicted molar refractivity (Wildman–Crippen MR) is 87.6 cm³/mol. The van der Waals surface area contributed by atoms with Gasteiger partial charge in [-0.25, -0.2) is 0 Å². The number of nitrogens with zero attached hydrogens (tertiary/aromatic N) is 2. The number of halogens is 1. The molecule has 2 atom stereocenters. The fourth-order valence-electron chi connectivity index (χ4n) is 2.18. The molecule has 17 heavy (non-hydrogen) atoms. The number of thioether (sulfide) groups is 1. The summed E-state index contributed by atoms with van der Waals surface area (Å²) in [6.45, 7) is 9.14. The van der Waals surface area contributed by atoms with Gasteiger partial charge in [-0.05, 0) is 26.2 Å². The van der Waals surface area contributed by atoms with Crippen LogP contribution in [0.15, 0.2) is 4.99 Å². The summed E-state index contributed by atoms with van der Waals surface area (Å²) in [5, 5.41) is 3.56. The number of aliphatic imine (C=N–C) groups is 1. The Balaban J connectivity index is 0.00000144. The topological polar surface area (TPSA) is 27.6 Å². The van der Waals surface area contributed by atoms with E-state index < -0.39 is 0 Å². The highest BCUT2D eigenvalue weighted by atomic mass is 127. The van der Waals surface area contributed by atoms with E-state index in [1.807, 2.05) is 7.05 Å². The van der Waals surface area contributed by atoms with Crippen LogP contribution in [-0.2, 0) is 0 Å². The maximum Gasteiger partial charge on any atom is 0.193 e. The van der Waals surface area contributed by atoms with E-state index in [1.165, 1.54) is 12.2 Å². The van der Waals surface area contributed by atoms with Crippen LogP contribution < -0.4 is 5.32 Å². The molecule has 1 heterocycles. The maximum absolute atomic E-state index is 4.41. The van der Waals surface area contributed by atoms with Gasteiger partial charge in [-0.1, -0.05) is 6.92 Å². The zero-order chi connectivity index (χ0) is 11.8. The number of hydrogen-bond acceptors (Lipinski definition) is 2. The highest BCUT2D eigenvalue weighted by Crippen LogP contribution is 2.31. The molecular formula is C12H24IN3S. The quantitative estimate of drug-likeness (QED) is 0.437. The first kappa shape index (κ1) is 15.4. The highest BCUT2D eigenvalue weighted by Gasteiger charge is 2.35. The van der Waals surface area contributed by atoms with E-state index in [1.54, 1.807) is 0 Å². The van der Waals surface area contributed by atoms with Gasteiger partial charge in [0.2, 0.25) is 0 Å². The van der Waals surface area contributed by atoms with E-state index >= 15 is 0 Å². The molecule has 0 radical (unpaired) electrons. The summed E-state index contributed by atoms with van der Waals surface area (Å²) in [6, 6.07) is 0.663. The summed E-state index contributed by atoms with van der Waals surface area (Å²) < 4.78 is 0.352. The van der Waals surface area contributed by atoms with E-state index in [4.69, 9.17) is 0 Å². The molecule has 0 aromatic rings. The number of nitrogens with one attached hydrogen (secondary N) is 1. The lowest BCUT2D eigenvalue weighted by molar-refractivity contribution is 0.375. The summed E-state index contributed by atoms with van der Waals surface area (Å²) >= 11 is 2.06. The molecule has 2 aliphatic rings. The standard InChI is InChI=1S/C12H23N3S.HI/c1-9-7-10(9)14-11(13-4)15-5-6-16-12(2,3)8-15;/h9-10H,5-8H2,1-4H3,(H,13,14);1H. The molecule has 0 bridgehead atoms. The molecule has 2 fully saturated rings. The molecule has 0 amide bonds. The number of hydrogen-bond donors (Lipinski definition) is 1. The third-order valence-corrected chi connectivity index (χ3v) is 4.66. The van der Waals surface area contributed by atoms with Crippen molar-refractivity contribution in [1.29, 1.82) is 0 Å². The van der Waals surface area contributed by atoms with E-state index in [0.29, 0.717) is 10.8 Å². The fourth-order valence-corrected chi connectivity index (χ4v) is 3.29. The lowest BCUT2D eigenvalue weighted by Gasteiger charge is -2.39. The molecule has 1 aliphatic heterocycles. The van der Waals surface area contributed by atoms with Crippen LogP contribution in [0, 0.1) is 5.92 Å². The molecule has 1 N–H and O–H groups in total. The second kappa shape index (κ2) is 5.99. The van der Waals surface area contributed by atoms with Crippen molar-refractivity contribution >= 4 is 41.7 Å². The molecule has 0 spiro atoms. The SMILES string of the molecule is CN=C(NC1CC1C)N1CCSC(C)(C)C1.I. The van der Waals surface area contributed by atoms with E-state index in [2.05, 4.69) is 47.7 Å². The van der Waals surface area contributed by atoms with Crippen LogP contribution in [0.25, 0.3) is 0 Å². The van der Waals surface area contributed by atoms with Crippen molar-refractivity contribution in [2.45, 2.75) is 38.0 Å². The molecule has 5 heteroatoms. The average Bonchev–Trinajstić information content (AvgIpc) is 2.89. The Morgan fingerprint density at radius 1 is 1.47 bits per heavy atom. The Bertz CT molecular complexity index is 293. The van der Waals surface area contributed by atoms with E-state index in [9.17, 15) is 0 Å². The first-order valence-corrected chi connectivity index (χ1v) is 7.12. The summed E-state index contributed by atoms with van der Waals surface area (Å²) in [5.74, 6) is 3.13. The molecule has 1 aliphatic carbocycles. The second-order valence-corrected chi connectivity index (χ2v) is 7.34. The van der Waals surface area contributed by atoms with Crippen LogP contribution in [0.1, 0.15) is 27.2 Å².